The molecule has 5 nitrogen and oxygen atoms in total. The molecule has 20 heavy (non-hydrogen) atoms. The van der Waals surface area contributed by atoms with E-state index in [0.29, 0.717) is 23.4 Å². The standard InChI is InChI=1S/C15H20N4O/c1-4-10-19-14(20)12-8-6-7-9-13(12)16-15(19)18-17-11(3)5-2/h6-9H,4-5,10H2,1-3H3,(H,16,18)/b17-11+. The summed E-state index contributed by atoms with van der Waals surface area (Å²) in [6, 6.07) is 7.38. The van der Waals surface area contributed by atoms with Gasteiger partial charge in [-0.15, -0.1) is 0 Å². The van der Waals surface area contributed by atoms with Crippen molar-refractivity contribution in [3.63, 3.8) is 0 Å². The summed E-state index contributed by atoms with van der Waals surface area (Å²) in [6.07, 6.45) is 1.73. The van der Waals surface area contributed by atoms with Crippen molar-refractivity contribution in [1.82, 2.24) is 9.55 Å². The third kappa shape index (κ3) is 2.87. The Balaban J connectivity index is 2.56. The molecule has 0 saturated carbocycles. The molecule has 0 amide bonds. The summed E-state index contributed by atoms with van der Waals surface area (Å²) in [6.45, 7) is 6.63. The van der Waals surface area contributed by atoms with E-state index in [1.165, 1.54) is 0 Å². The molecule has 0 fully saturated rings. The largest absolute Gasteiger partial charge is 0.277 e. The molecule has 0 saturated heterocycles. The molecule has 0 bridgehead atoms. The van der Waals surface area contributed by atoms with Gasteiger partial charge in [-0.3, -0.25) is 9.36 Å². The lowest BCUT2D eigenvalue weighted by molar-refractivity contribution is 0.654. The van der Waals surface area contributed by atoms with Gasteiger partial charge in [-0.1, -0.05) is 26.0 Å². The Morgan fingerprint density at radius 2 is 2.10 bits per heavy atom. The highest BCUT2D eigenvalue weighted by Gasteiger charge is 2.09. The normalized spacial score (nSPS) is 11.8. The maximum Gasteiger partial charge on any atom is 0.262 e. The van der Waals surface area contributed by atoms with Crippen molar-refractivity contribution in [2.24, 2.45) is 5.10 Å². The van der Waals surface area contributed by atoms with Crippen LogP contribution in [0.3, 0.4) is 0 Å². The summed E-state index contributed by atoms with van der Waals surface area (Å²) in [4.78, 5) is 17.0. The lowest BCUT2D eigenvalue weighted by Crippen LogP contribution is -2.24. The number of hydrogen-bond donors (Lipinski definition) is 1. The Kier molecular flexibility index (Phi) is 4.50. The topological polar surface area (TPSA) is 59.3 Å². The van der Waals surface area contributed by atoms with Crippen LogP contribution in [-0.2, 0) is 6.54 Å². The monoisotopic (exact) mass is 272 g/mol. The highest BCUT2D eigenvalue weighted by atomic mass is 16.1. The first kappa shape index (κ1) is 14.2. The summed E-state index contributed by atoms with van der Waals surface area (Å²) in [5.74, 6) is 0.503. The molecule has 0 spiro atoms. The van der Waals surface area contributed by atoms with Crippen LogP contribution in [0.25, 0.3) is 10.9 Å². The van der Waals surface area contributed by atoms with E-state index < -0.39 is 0 Å². The van der Waals surface area contributed by atoms with Crippen molar-refractivity contribution in [2.75, 3.05) is 5.43 Å². The van der Waals surface area contributed by atoms with Crippen LogP contribution in [0.4, 0.5) is 5.95 Å². The van der Waals surface area contributed by atoms with Crippen LogP contribution in [0.15, 0.2) is 34.2 Å². The molecule has 1 N–H and O–H groups in total. The SMILES string of the molecule is CCCn1c(N/N=C(\C)CC)nc2ccccc2c1=O. The zero-order valence-electron chi connectivity index (χ0n) is 12.2. The van der Waals surface area contributed by atoms with Crippen LogP contribution >= 0.6 is 0 Å². The van der Waals surface area contributed by atoms with E-state index in [1.807, 2.05) is 39.0 Å². The van der Waals surface area contributed by atoms with E-state index >= 15 is 0 Å². The lowest BCUT2D eigenvalue weighted by Gasteiger charge is -2.12. The summed E-state index contributed by atoms with van der Waals surface area (Å²) in [5.41, 5.74) is 4.56. The van der Waals surface area contributed by atoms with Gasteiger partial charge < -0.3 is 0 Å². The molecule has 0 aliphatic rings. The Morgan fingerprint density at radius 1 is 1.35 bits per heavy atom. The van der Waals surface area contributed by atoms with Crippen LogP contribution in [0, 0.1) is 0 Å². The minimum absolute atomic E-state index is 0.0238. The number of hydrogen-bond acceptors (Lipinski definition) is 4. The Morgan fingerprint density at radius 3 is 2.80 bits per heavy atom. The minimum atomic E-state index is -0.0238. The number of rotatable bonds is 5. The van der Waals surface area contributed by atoms with Gasteiger partial charge in [0.2, 0.25) is 5.95 Å². The fourth-order valence-electron chi connectivity index (χ4n) is 1.91. The van der Waals surface area contributed by atoms with Gasteiger partial charge in [-0.05, 0) is 31.9 Å². The second-order valence-electron chi connectivity index (χ2n) is 4.72. The molecule has 0 unspecified atom stereocenters. The van der Waals surface area contributed by atoms with E-state index in [2.05, 4.69) is 15.5 Å². The van der Waals surface area contributed by atoms with Crippen molar-refractivity contribution in [1.29, 1.82) is 0 Å². The van der Waals surface area contributed by atoms with Crippen LogP contribution in [0.1, 0.15) is 33.6 Å². The fraction of sp³-hybridized carbons (Fsp3) is 0.400. The van der Waals surface area contributed by atoms with E-state index in [4.69, 9.17) is 0 Å². The quantitative estimate of drug-likeness (QED) is 0.672. The van der Waals surface area contributed by atoms with Gasteiger partial charge in [0, 0.05) is 12.3 Å². The van der Waals surface area contributed by atoms with E-state index in [9.17, 15) is 4.79 Å². The van der Waals surface area contributed by atoms with E-state index in [1.54, 1.807) is 10.6 Å². The van der Waals surface area contributed by atoms with Crippen LogP contribution in [0.2, 0.25) is 0 Å². The van der Waals surface area contributed by atoms with Gasteiger partial charge in [-0.2, -0.15) is 5.10 Å². The number of hydrazone groups is 1. The van der Waals surface area contributed by atoms with Gasteiger partial charge in [0.25, 0.3) is 5.56 Å². The summed E-state index contributed by atoms with van der Waals surface area (Å²) in [5, 5.41) is 4.89. The van der Waals surface area contributed by atoms with Crippen LogP contribution in [-0.4, -0.2) is 15.3 Å². The number of nitrogens with zero attached hydrogens (tertiary/aromatic N) is 3. The summed E-state index contributed by atoms with van der Waals surface area (Å²) < 4.78 is 1.65. The van der Waals surface area contributed by atoms with Gasteiger partial charge >= 0.3 is 0 Å². The smallest absolute Gasteiger partial charge is 0.262 e. The molecule has 0 aliphatic heterocycles. The zero-order chi connectivity index (χ0) is 14.5. The first-order chi connectivity index (χ1) is 9.67. The Bertz CT molecular complexity index is 688. The van der Waals surface area contributed by atoms with Crippen molar-refractivity contribution < 1.29 is 0 Å². The molecule has 106 valence electrons. The second kappa shape index (κ2) is 6.32. The molecule has 2 rings (SSSR count). The average molecular weight is 272 g/mol. The Labute approximate surface area is 118 Å². The first-order valence-electron chi connectivity index (χ1n) is 6.96. The predicted octanol–water partition coefficient (Wildman–Crippen LogP) is 3.00. The van der Waals surface area contributed by atoms with Crippen LogP contribution < -0.4 is 11.0 Å². The van der Waals surface area contributed by atoms with Gasteiger partial charge in [0.1, 0.15) is 0 Å². The van der Waals surface area contributed by atoms with Gasteiger partial charge in [0.15, 0.2) is 0 Å². The number of aromatic nitrogens is 2. The van der Waals surface area contributed by atoms with Crippen molar-refractivity contribution >= 4 is 22.6 Å². The maximum atomic E-state index is 12.5. The van der Waals surface area contributed by atoms with Crippen LogP contribution in [0.5, 0.6) is 0 Å². The Hall–Kier alpha value is -2.17. The maximum absolute atomic E-state index is 12.5. The highest BCUT2D eigenvalue weighted by Crippen LogP contribution is 2.11. The van der Waals surface area contributed by atoms with Crippen molar-refractivity contribution in [3.8, 4) is 0 Å². The summed E-state index contributed by atoms with van der Waals surface area (Å²) in [7, 11) is 0. The first-order valence-corrected chi connectivity index (χ1v) is 6.96. The number of nitrogens with one attached hydrogen (secondary N) is 1. The van der Waals surface area contributed by atoms with E-state index in [0.717, 1.165) is 18.6 Å². The van der Waals surface area contributed by atoms with Crippen molar-refractivity contribution in [3.05, 3.63) is 34.6 Å². The molecule has 5 heteroatoms. The van der Waals surface area contributed by atoms with Gasteiger partial charge in [0.05, 0.1) is 10.9 Å². The molecule has 1 heterocycles. The second-order valence-corrected chi connectivity index (χ2v) is 4.72. The molecule has 0 atom stereocenters. The molecule has 0 aliphatic carbocycles. The zero-order valence-corrected chi connectivity index (χ0v) is 12.2. The third-order valence-corrected chi connectivity index (χ3v) is 3.17. The third-order valence-electron chi connectivity index (χ3n) is 3.17. The predicted molar refractivity (Wildman–Crippen MR) is 83.3 cm³/mol. The van der Waals surface area contributed by atoms with Gasteiger partial charge in [-0.25, -0.2) is 10.4 Å². The highest BCUT2D eigenvalue weighted by molar-refractivity contribution is 5.82. The summed E-state index contributed by atoms with van der Waals surface area (Å²) >= 11 is 0. The average Bonchev–Trinajstić information content (AvgIpc) is 2.48. The number of fused-ring (bicyclic) bond motifs is 1. The molecule has 0 radical (unpaired) electrons. The number of benzene rings is 1. The fourth-order valence-corrected chi connectivity index (χ4v) is 1.91. The lowest BCUT2D eigenvalue weighted by atomic mass is 10.2. The molecular weight excluding hydrogens is 252 g/mol. The van der Waals surface area contributed by atoms with E-state index in [-0.39, 0.29) is 5.56 Å². The molecule has 1 aromatic heterocycles. The molecule has 2 aromatic rings. The number of para-hydroxylation sites is 1. The molecule has 1 aromatic carbocycles. The van der Waals surface area contributed by atoms with Crippen molar-refractivity contribution in [2.45, 2.75) is 40.2 Å². The minimum Gasteiger partial charge on any atom is -0.277 e. The molecular formula is C15H20N4O. The number of anilines is 1.